The van der Waals surface area contributed by atoms with E-state index in [9.17, 15) is 24.2 Å². The average Bonchev–Trinajstić information content (AvgIpc) is 2.68. The standard InChI is InChI=1S/C18H19FN2O6/c1-27-18(26)21(7-11-2-4-13(19)5-3-11)8-12-6-20-16(15(24)10-23)17(25)14(12)9-22/h2-6,22-23,25H,7-10H2,1H3. The van der Waals surface area contributed by atoms with Crippen molar-refractivity contribution in [3.8, 4) is 5.75 Å². The summed E-state index contributed by atoms with van der Waals surface area (Å²) in [6, 6.07) is 5.53. The number of Topliss-reactive ketones (excluding diaryl/α,β-unsaturated/α-hetero) is 1. The number of methoxy groups -OCH3 is 1. The summed E-state index contributed by atoms with van der Waals surface area (Å²) in [5.41, 5.74) is 0.567. The van der Waals surface area contributed by atoms with E-state index in [1.54, 1.807) is 0 Å². The Bertz CT molecular complexity index is 825. The van der Waals surface area contributed by atoms with Gasteiger partial charge in [-0.1, -0.05) is 12.1 Å². The molecule has 1 aromatic heterocycles. The number of benzene rings is 1. The van der Waals surface area contributed by atoms with Crippen LogP contribution in [0.1, 0.15) is 27.2 Å². The van der Waals surface area contributed by atoms with E-state index in [1.807, 2.05) is 0 Å². The number of halogens is 1. The molecule has 0 bridgehead atoms. The summed E-state index contributed by atoms with van der Waals surface area (Å²) in [5.74, 6) is -1.77. The van der Waals surface area contributed by atoms with Crippen LogP contribution >= 0.6 is 0 Å². The van der Waals surface area contributed by atoms with Crippen LogP contribution in [0.15, 0.2) is 30.5 Å². The van der Waals surface area contributed by atoms with E-state index < -0.39 is 36.7 Å². The molecule has 0 saturated heterocycles. The fourth-order valence-corrected chi connectivity index (χ4v) is 2.50. The van der Waals surface area contributed by atoms with E-state index >= 15 is 0 Å². The molecule has 8 nitrogen and oxygen atoms in total. The van der Waals surface area contributed by atoms with Crippen molar-refractivity contribution in [1.82, 2.24) is 9.88 Å². The summed E-state index contributed by atoms with van der Waals surface area (Å²) in [5, 5.41) is 28.7. The summed E-state index contributed by atoms with van der Waals surface area (Å²) in [7, 11) is 1.20. The number of aromatic hydroxyl groups is 1. The van der Waals surface area contributed by atoms with Crippen molar-refractivity contribution in [3.05, 3.63) is 58.7 Å². The number of rotatable bonds is 7. The zero-order chi connectivity index (χ0) is 20.0. The minimum Gasteiger partial charge on any atom is -0.505 e. The molecular weight excluding hydrogens is 359 g/mol. The molecule has 9 heteroatoms. The first-order valence-corrected chi connectivity index (χ1v) is 7.93. The largest absolute Gasteiger partial charge is 0.505 e. The second kappa shape index (κ2) is 9.06. The third-order valence-corrected chi connectivity index (χ3v) is 3.89. The quantitative estimate of drug-likeness (QED) is 0.622. The number of ether oxygens (including phenoxy) is 1. The Balaban J connectivity index is 2.33. The molecule has 1 heterocycles. The van der Waals surface area contributed by atoms with Crippen LogP contribution in [0.3, 0.4) is 0 Å². The summed E-state index contributed by atoms with van der Waals surface area (Å²) >= 11 is 0. The number of pyridine rings is 1. The average molecular weight is 378 g/mol. The Morgan fingerprint density at radius 2 is 1.85 bits per heavy atom. The van der Waals surface area contributed by atoms with Gasteiger partial charge in [0.2, 0.25) is 5.78 Å². The lowest BCUT2D eigenvalue weighted by Gasteiger charge is -2.23. The summed E-state index contributed by atoms with van der Waals surface area (Å²) in [4.78, 5) is 28.8. The summed E-state index contributed by atoms with van der Waals surface area (Å²) < 4.78 is 17.8. The van der Waals surface area contributed by atoms with E-state index in [0.717, 1.165) is 0 Å². The molecule has 0 unspecified atom stereocenters. The third kappa shape index (κ3) is 4.78. The van der Waals surface area contributed by atoms with Crippen LogP contribution in [-0.2, 0) is 24.4 Å². The molecule has 1 amide bonds. The molecule has 144 valence electrons. The van der Waals surface area contributed by atoms with E-state index in [0.29, 0.717) is 5.56 Å². The molecule has 0 radical (unpaired) electrons. The van der Waals surface area contributed by atoms with Crippen LogP contribution in [0.2, 0.25) is 0 Å². The number of hydrogen-bond donors (Lipinski definition) is 3. The maximum Gasteiger partial charge on any atom is 0.410 e. The SMILES string of the molecule is COC(=O)N(Cc1ccc(F)cc1)Cc1cnc(C(=O)CO)c(O)c1CO. The molecule has 3 N–H and O–H groups in total. The molecular formula is C18H19FN2O6. The first kappa shape index (κ1) is 20.3. The highest BCUT2D eigenvalue weighted by molar-refractivity contribution is 5.97. The molecule has 0 spiro atoms. The number of aliphatic hydroxyl groups is 2. The molecule has 0 saturated carbocycles. The Morgan fingerprint density at radius 1 is 1.19 bits per heavy atom. The predicted molar refractivity (Wildman–Crippen MR) is 91.3 cm³/mol. The molecule has 27 heavy (non-hydrogen) atoms. The van der Waals surface area contributed by atoms with Crippen LogP contribution in [0.5, 0.6) is 5.75 Å². The van der Waals surface area contributed by atoms with E-state index in [2.05, 4.69) is 4.98 Å². The predicted octanol–water partition coefficient (Wildman–Crippen LogP) is 1.36. The number of ketones is 1. The molecule has 0 aliphatic heterocycles. The van der Waals surface area contributed by atoms with Crippen molar-refractivity contribution in [1.29, 1.82) is 0 Å². The lowest BCUT2D eigenvalue weighted by molar-refractivity contribution is 0.0894. The van der Waals surface area contributed by atoms with Gasteiger partial charge in [-0.15, -0.1) is 0 Å². The van der Waals surface area contributed by atoms with Crippen LogP contribution in [0, 0.1) is 5.82 Å². The lowest BCUT2D eigenvalue weighted by Crippen LogP contribution is -2.30. The topological polar surface area (TPSA) is 120 Å². The van der Waals surface area contributed by atoms with Crippen molar-refractivity contribution in [2.45, 2.75) is 19.7 Å². The maximum absolute atomic E-state index is 13.1. The Labute approximate surface area is 154 Å². The van der Waals surface area contributed by atoms with Gasteiger partial charge in [0.15, 0.2) is 11.4 Å². The van der Waals surface area contributed by atoms with Crippen LogP contribution in [0.4, 0.5) is 9.18 Å². The van der Waals surface area contributed by atoms with Crippen LogP contribution in [-0.4, -0.2) is 50.8 Å². The first-order valence-electron chi connectivity index (χ1n) is 7.93. The summed E-state index contributed by atoms with van der Waals surface area (Å²) in [6.07, 6.45) is 0.549. The van der Waals surface area contributed by atoms with Gasteiger partial charge in [0.1, 0.15) is 12.4 Å². The molecule has 0 aliphatic carbocycles. The number of hydrogen-bond acceptors (Lipinski definition) is 7. The van der Waals surface area contributed by atoms with Crippen molar-refractivity contribution in [2.24, 2.45) is 0 Å². The Kier molecular flexibility index (Phi) is 6.80. The highest BCUT2D eigenvalue weighted by atomic mass is 19.1. The number of nitrogens with zero attached hydrogens (tertiary/aromatic N) is 2. The highest BCUT2D eigenvalue weighted by Gasteiger charge is 2.22. The van der Waals surface area contributed by atoms with Gasteiger partial charge in [-0.05, 0) is 23.3 Å². The minimum absolute atomic E-state index is 0.00908. The van der Waals surface area contributed by atoms with Gasteiger partial charge in [-0.3, -0.25) is 9.69 Å². The normalized spacial score (nSPS) is 10.5. The highest BCUT2D eigenvalue weighted by Crippen LogP contribution is 2.26. The molecule has 0 fully saturated rings. The second-order valence-corrected chi connectivity index (χ2v) is 5.65. The van der Waals surface area contributed by atoms with Gasteiger partial charge in [0.25, 0.3) is 0 Å². The zero-order valence-electron chi connectivity index (χ0n) is 14.6. The fourth-order valence-electron chi connectivity index (χ4n) is 2.50. The smallest absolute Gasteiger partial charge is 0.410 e. The van der Waals surface area contributed by atoms with Gasteiger partial charge in [-0.25, -0.2) is 14.2 Å². The number of amides is 1. The monoisotopic (exact) mass is 378 g/mol. The van der Waals surface area contributed by atoms with Crippen LogP contribution in [0.25, 0.3) is 0 Å². The van der Waals surface area contributed by atoms with Gasteiger partial charge >= 0.3 is 6.09 Å². The number of carbonyl (C=O) groups excluding carboxylic acids is 2. The van der Waals surface area contributed by atoms with Crippen molar-refractivity contribution in [3.63, 3.8) is 0 Å². The number of aromatic nitrogens is 1. The zero-order valence-corrected chi connectivity index (χ0v) is 14.6. The second-order valence-electron chi connectivity index (χ2n) is 5.65. The van der Waals surface area contributed by atoms with E-state index in [-0.39, 0.29) is 29.9 Å². The maximum atomic E-state index is 13.1. The van der Waals surface area contributed by atoms with Gasteiger partial charge in [0, 0.05) is 18.3 Å². The van der Waals surface area contributed by atoms with Crippen molar-refractivity contribution < 1.29 is 34.0 Å². The van der Waals surface area contributed by atoms with Crippen molar-refractivity contribution >= 4 is 11.9 Å². The molecule has 1 aromatic carbocycles. The van der Waals surface area contributed by atoms with E-state index in [1.165, 1.54) is 42.5 Å². The van der Waals surface area contributed by atoms with Crippen molar-refractivity contribution in [2.75, 3.05) is 13.7 Å². The number of aliphatic hydroxyl groups excluding tert-OH is 2. The van der Waals surface area contributed by atoms with Gasteiger partial charge in [-0.2, -0.15) is 0 Å². The summed E-state index contributed by atoms with van der Waals surface area (Å²) in [6.45, 7) is -1.46. The minimum atomic E-state index is -0.844. The van der Waals surface area contributed by atoms with Gasteiger partial charge < -0.3 is 20.1 Å². The molecule has 2 aromatic rings. The van der Waals surface area contributed by atoms with Crippen LogP contribution < -0.4 is 0 Å². The first-order chi connectivity index (χ1) is 12.9. The number of carbonyl (C=O) groups is 2. The molecule has 0 aliphatic rings. The van der Waals surface area contributed by atoms with E-state index in [4.69, 9.17) is 9.84 Å². The molecule has 0 atom stereocenters. The van der Waals surface area contributed by atoms with Gasteiger partial charge in [0.05, 0.1) is 20.3 Å². The third-order valence-electron chi connectivity index (χ3n) is 3.89. The fraction of sp³-hybridized carbons (Fsp3) is 0.278. The Morgan fingerprint density at radius 3 is 2.41 bits per heavy atom. The Hall–Kier alpha value is -3.04. The lowest BCUT2D eigenvalue weighted by atomic mass is 10.1. The molecule has 2 rings (SSSR count).